The van der Waals surface area contributed by atoms with Crippen molar-refractivity contribution < 1.29 is 8.81 Å². The summed E-state index contributed by atoms with van der Waals surface area (Å²) in [6, 6.07) is 7.71. The summed E-state index contributed by atoms with van der Waals surface area (Å²) >= 11 is 3.05. The number of rotatable bonds is 5. The second kappa shape index (κ2) is 7.05. The summed E-state index contributed by atoms with van der Waals surface area (Å²) in [4.78, 5) is 21.8. The summed E-state index contributed by atoms with van der Waals surface area (Å²) in [5, 5.41) is 1.92. The van der Waals surface area contributed by atoms with E-state index in [0.717, 1.165) is 17.1 Å². The summed E-state index contributed by atoms with van der Waals surface area (Å²) in [7, 11) is 0. The van der Waals surface area contributed by atoms with Gasteiger partial charge >= 0.3 is 0 Å². The highest BCUT2D eigenvalue weighted by atomic mass is 32.2. The molecule has 0 saturated carbocycles. The topological polar surface area (TPSA) is 60.4 Å². The molecule has 0 aliphatic rings. The lowest BCUT2D eigenvalue weighted by molar-refractivity contribution is 0.571. The van der Waals surface area contributed by atoms with Gasteiger partial charge in [0.15, 0.2) is 4.96 Å². The van der Waals surface area contributed by atoms with Gasteiger partial charge in [-0.1, -0.05) is 6.07 Å². The molecule has 0 fully saturated rings. The molecule has 5 nitrogen and oxygen atoms in total. The van der Waals surface area contributed by atoms with Crippen LogP contribution >= 0.6 is 23.1 Å². The first-order chi connectivity index (χ1) is 12.6. The molecule has 0 spiro atoms. The molecule has 0 aliphatic heterocycles. The van der Waals surface area contributed by atoms with Crippen LogP contribution in [0.1, 0.15) is 17.1 Å². The fraction of sp³-hybridized carbons (Fsp3) is 0.167. The van der Waals surface area contributed by atoms with Gasteiger partial charge in [0.05, 0.1) is 11.4 Å². The summed E-state index contributed by atoms with van der Waals surface area (Å²) in [6.07, 6.45) is 1.57. The van der Waals surface area contributed by atoms with E-state index in [2.05, 4.69) is 9.97 Å². The van der Waals surface area contributed by atoms with E-state index < -0.39 is 0 Å². The number of hydrogen-bond acceptors (Lipinski definition) is 6. The number of hydrogen-bond donors (Lipinski definition) is 0. The van der Waals surface area contributed by atoms with Crippen molar-refractivity contribution in [3.63, 3.8) is 0 Å². The fourth-order valence-electron chi connectivity index (χ4n) is 2.56. The maximum Gasteiger partial charge on any atom is 0.258 e. The Labute approximate surface area is 156 Å². The zero-order chi connectivity index (χ0) is 18.1. The molecule has 4 rings (SSSR count). The van der Waals surface area contributed by atoms with Crippen molar-refractivity contribution in [2.45, 2.75) is 18.4 Å². The molecule has 0 N–H and O–H groups in total. The van der Waals surface area contributed by atoms with Crippen LogP contribution < -0.4 is 5.56 Å². The van der Waals surface area contributed by atoms with Crippen molar-refractivity contribution >= 4 is 28.1 Å². The third-order valence-corrected chi connectivity index (χ3v) is 5.70. The lowest BCUT2D eigenvalue weighted by Crippen LogP contribution is -2.14. The molecule has 3 aromatic heterocycles. The van der Waals surface area contributed by atoms with Gasteiger partial charge in [-0.3, -0.25) is 9.20 Å². The van der Waals surface area contributed by atoms with Crippen LogP contribution in [0.5, 0.6) is 0 Å². The van der Waals surface area contributed by atoms with Gasteiger partial charge in [-0.05, 0) is 25.1 Å². The molecule has 26 heavy (non-hydrogen) atoms. The maximum absolute atomic E-state index is 13.3. The zero-order valence-electron chi connectivity index (χ0n) is 13.8. The van der Waals surface area contributed by atoms with Gasteiger partial charge in [0.2, 0.25) is 5.89 Å². The highest BCUT2D eigenvalue weighted by Crippen LogP contribution is 2.23. The molecule has 1 aromatic carbocycles. The minimum atomic E-state index is -0.326. The van der Waals surface area contributed by atoms with Crippen molar-refractivity contribution in [2.75, 3.05) is 0 Å². The van der Waals surface area contributed by atoms with E-state index in [4.69, 9.17) is 4.42 Å². The average molecular weight is 387 g/mol. The molecular formula is C18H14FN3O2S2. The van der Waals surface area contributed by atoms with Gasteiger partial charge in [-0.15, -0.1) is 23.1 Å². The third-order valence-electron chi connectivity index (χ3n) is 3.75. The molecule has 0 saturated heterocycles. The molecule has 4 aromatic rings. The molecule has 0 radical (unpaired) electrons. The minimum Gasteiger partial charge on any atom is -0.444 e. The summed E-state index contributed by atoms with van der Waals surface area (Å²) in [5.41, 5.74) is 2.96. The van der Waals surface area contributed by atoms with Gasteiger partial charge < -0.3 is 4.42 Å². The largest absolute Gasteiger partial charge is 0.444 e. The summed E-state index contributed by atoms with van der Waals surface area (Å²) in [5.74, 6) is 1.29. The Balaban J connectivity index is 1.43. The molecule has 0 bridgehead atoms. The number of oxazole rings is 1. The molecular weight excluding hydrogens is 373 g/mol. The smallest absolute Gasteiger partial charge is 0.258 e. The molecule has 3 heterocycles. The van der Waals surface area contributed by atoms with Gasteiger partial charge in [-0.2, -0.15) is 0 Å². The highest BCUT2D eigenvalue weighted by Gasteiger charge is 2.09. The summed E-state index contributed by atoms with van der Waals surface area (Å²) in [6.45, 7) is 1.89. The van der Waals surface area contributed by atoms with Crippen LogP contribution in [0, 0.1) is 12.7 Å². The summed E-state index contributed by atoms with van der Waals surface area (Å²) < 4.78 is 20.3. The van der Waals surface area contributed by atoms with E-state index in [9.17, 15) is 9.18 Å². The van der Waals surface area contributed by atoms with Crippen LogP contribution in [0.3, 0.4) is 0 Å². The van der Waals surface area contributed by atoms with E-state index in [-0.39, 0.29) is 11.4 Å². The monoisotopic (exact) mass is 387 g/mol. The van der Waals surface area contributed by atoms with Crippen LogP contribution in [0.2, 0.25) is 0 Å². The van der Waals surface area contributed by atoms with Gasteiger partial charge in [-0.25, -0.2) is 14.4 Å². The number of aryl methyl sites for hydroxylation is 1. The van der Waals surface area contributed by atoms with Crippen LogP contribution in [0.4, 0.5) is 4.39 Å². The number of halogens is 1. The van der Waals surface area contributed by atoms with E-state index in [1.807, 2.05) is 12.3 Å². The fourth-order valence-corrected chi connectivity index (χ4v) is 4.25. The second-order valence-corrected chi connectivity index (χ2v) is 7.55. The van der Waals surface area contributed by atoms with Gasteiger partial charge in [0.25, 0.3) is 5.56 Å². The van der Waals surface area contributed by atoms with Crippen molar-refractivity contribution in [1.29, 1.82) is 0 Å². The van der Waals surface area contributed by atoms with Crippen molar-refractivity contribution in [3.8, 4) is 11.5 Å². The Morgan fingerprint density at radius 3 is 2.92 bits per heavy atom. The Morgan fingerprint density at radius 1 is 1.23 bits per heavy atom. The Bertz CT molecular complexity index is 1130. The lowest BCUT2D eigenvalue weighted by atomic mass is 10.2. The number of thioether (sulfide) groups is 1. The first-order valence-corrected chi connectivity index (χ1v) is 9.88. The number of fused-ring (bicyclic) bond motifs is 1. The third kappa shape index (κ3) is 3.42. The molecule has 0 atom stereocenters. The molecule has 132 valence electrons. The Morgan fingerprint density at radius 2 is 2.08 bits per heavy atom. The first-order valence-electron chi connectivity index (χ1n) is 7.85. The predicted octanol–water partition coefficient (Wildman–Crippen LogP) is 4.29. The van der Waals surface area contributed by atoms with Crippen LogP contribution in [0.15, 0.2) is 51.2 Å². The van der Waals surface area contributed by atoms with Gasteiger partial charge in [0, 0.05) is 34.2 Å². The Kier molecular flexibility index (Phi) is 4.60. The van der Waals surface area contributed by atoms with Crippen molar-refractivity contribution in [1.82, 2.24) is 14.4 Å². The van der Waals surface area contributed by atoms with Crippen LogP contribution in [-0.2, 0) is 11.5 Å². The quantitative estimate of drug-likeness (QED) is 0.511. The molecule has 0 unspecified atom stereocenters. The number of nitrogens with zero attached hydrogens (tertiary/aromatic N) is 3. The normalized spacial score (nSPS) is 11.3. The zero-order valence-corrected chi connectivity index (χ0v) is 15.4. The average Bonchev–Trinajstić information content (AvgIpc) is 3.22. The van der Waals surface area contributed by atoms with Crippen molar-refractivity contribution in [2.24, 2.45) is 0 Å². The number of thiazole rings is 1. The number of aromatic nitrogens is 3. The standard InChI is InChI=1S/C18H14FN3O2S2/c1-11-8-26-18-21-14(6-16(23)22(11)18)9-25-10-15-7-24-17(20-15)12-3-2-4-13(19)5-12/h2-8H,9-10H2,1H3. The van der Waals surface area contributed by atoms with Gasteiger partial charge in [0.1, 0.15) is 12.1 Å². The second-order valence-electron chi connectivity index (χ2n) is 5.73. The minimum absolute atomic E-state index is 0.0563. The maximum atomic E-state index is 13.3. The SMILES string of the molecule is Cc1csc2nc(CSCc3coc(-c4cccc(F)c4)n3)cc(=O)n12. The highest BCUT2D eigenvalue weighted by molar-refractivity contribution is 7.97. The molecule has 0 aliphatic carbocycles. The number of benzene rings is 1. The van der Waals surface area contributed by atoms with E-state index in [1.54, 1.807) is 40.6 Å². The Hall–Kier alpha value is -2.45. The van der Waals surface area contributed by atoms with Crippen LogP contribution in [-0.4, -0.2) is 14.4 Å². The molecule has 0 amide bonds. The van der Waals surface area contributed by atoms with E-state index in [0.29, 0.717) is 27.9 Å². The van der Waals surface area contributed by atoms with Crippen LogP contribution in [0.25, 0.3) is 16.4 Å². The predicted molar refractivity (Wildman–Crippen MR) is 101 cm³/mol. The van der Waals surface area contributed by atoms with Crippen molar-refractivity contribution in [3.05, 3.63) is 75.2 Å². The molecule has 8 heteroatoms. The first kappa shape index (κ1) is 17.0. The van der Waals surface area contributed by atoms with E-state index in [1.165, 1.54) is 23.5 Å². The van der Waals surface area contributed by atoms with E-state index >= 15 is 0 Å². The lowest BCUT2D eigenvalue weighted by Gasteiger charge is -2.01.